The fourth-order valence-corrected chi connectivity index (χ4v) is 2.68. The molecule has 0 heterocycles. The number of hydrogen-bond donors (Lipinski definition) is 0. The minimum Gasteiger partial charge on any atom is -0.126 e. The standard InChI is InChI=1S/C15H13Cl/c16-8-7-11-5-6-15-13(9-11)10-12-3-1-2-4-14(12)15/h1-6,9H,7-8,10H2. The zero-order valence-corrected chi connectivity index (χ0v) is 9.80. The van der Waals surface area contributed by atoms with E-state index in [1.165, 1.54) is 27.8 Å². The zero-order valence-electron chi connectivity index (χ0n) is 9.04. The van der Waals surface area contributed by atoms with Crippen molar-refractivity contribution < 1.29 is 0 Å². The van der Waals surface area contributed by atoms with Crippen molar-refractivity contribution in [1.29, 1.82) is 0 Å². The van der Waals surface area contributed by atoms with E-state index >= 15 is 0 Å². The normalized spacial score (nSPS) is 12.3. The fourth-order valence-electron chi connectivity index (χ4n) is 2.46. The summed E-state index contributed by atoms with van der Waals surface area (Å²) in [6, 6.07) is 15.4. The lowest BCUT2D eigenvalue weighted by Crippen LogP contribution is -1.88. The number of halogens is 1. The number of aryl methyl sites for hydroxylation is 1. The van der Waals surface area contributed by atoms with Gasteiger partial charge in [-0.15, -0.1) is 11.6 Å². The molecule has 2 aromatic carbocycles. The van der Waals surface area contributed by atoms with Crippen LogP contribution in [0, 0.1) is 0 Å². The summed E-state index contributed by atoms with van der Waals surface area (Å²) in [6.07, 6.45) is 2.03. The molecule has 0 bridgehead atoms. The molecule has 1 aliphatic rings. The monoisotopic (exact) mass is 228 g/mol. The highest BCUT2D eigenvalue weighted by Gasteiger charge is 2.17. The molecule has 0 spiro atoms. The third-order valence-electron chi connectivity index (χ3n) is 3.24. The van der Waals surface area contributed by atoms with Crippen LogP contribution in [0.15, 0.2) is 42.5 Å². The van der Waals surface area contributed by atoms with Gasteiger partial charge in [0.05, 0.1) is 0 Å². The maximum Gasteiger partial charge on any atom is 0.0263 e. The Balaban J connectivity index is 2.07. The van der Waals surface area contributed by atoms with Gasteiger partial charge in [-0.2, -0.15) is 0 Å². The molecule has 0 aliphatic heterocycles. The van der Waals surface area contributed by atoms with Crippen molar-refractivity contribution in [3.05, 3.63) is 59.2 Å². The van der Waals surface area contributed by atoms with Crippen LogP contribution < -0.4 is 0 Å². The van der Waals surface area contributed by atoms with Gasteiger partial charge in [-0.1, -0.05) is 42.5 Å². The van der Waals surface area contributed by atoms with Gasteiger partial charge in [0.1, 0.15) is 0 Å². The molecule has 3 rings (SSSR count). The fraction of sp³-hybridized carbons (Fsp3) is 0.200. The Hall–Kier alpha value is -1.27. The van der Waals surface area contributed by atoms with Crippen molar-refractivity contribution in [2.45, 2.75) is 12.8 Å². The third kappa shape index (κ3) is 1.54. The molecule has 0 amide bonds. The highest BCUT2D eigenvalue weighted by Crippen LogP contribution is 2.36. The minimum atomic E-state index is 0.700. The van der Waals surface area contributed by atoms with Crippen molar-refractivity contribution in [3.63, 3.8) is 0 Å². The number of benzene rings is 2. The highest BCUT2D eigenvalue weighted by molar-refractivity contribution is 6.18. The predicted molar refractivity (Wildman–Crippen MR) is 69.1 cm³/mol. The van der Waals surface area contributed by atoms with E-state index in [0.29, 0.717) is 5.88 Å². The highest BCUT2D eigenvalue weighted by atomic mass is 35.5. The van der Waals surface area contributed by atoms with E-state index in [1.807, 2.05) is 0 Å². The molecule has 16 heavy (non-hydrogen) atoms. The molecule has 80 valence electrons. The van der Waals surface area contributed by atoms with Gasteiger partial charge in [0, 0.05) is 5.88 Å². The van der Waals surface area contributed by atoms with E-state index in [9.17, 15) is 0 Å². The van der Waals surface area contributed by atoms with Crippen LogP contribution in [0.5, 0.6) is 0 Å². The molecule has 1 aliphatic carbocycles. The van der Waals surface area contributed by atoms with E-state index in [0.717, 1.165) is 12.8 Å². The van der Waals surface area contributed by atoms with Crippen molar-refractivity contribution in [2.24, 2.45) is 0 Å². The van der Waals surface area contributed by atoms with Gasteiger partial charge in [0.2, 0.25) is 0 Å². The Labute approximate surface area is 101 Å². The van der Waals surface area contributed by atoms with Gasteiger partial charge >= 0.3 is 0 Å². The van der Waals surface area contributed by atoms with E-state index in [1.54, 1.807) is 0 Å². The summed E-state index contributed by atoms with van der Waals surface area (Å²) in [7, 11) is 0. The maximum absolute atomic E-state index is 5.78. The molecule has 0 unspecified atom stereocenters. The van der Waals surface area contributed by atoms with Crippen molar-refractivity contribution in [2.75, 3.05) is 5.88 Å². The topological polar surface area (TPSA) is 0 Å². The number of hydrogen-bond acceptors (Lipinski definition) is 0. The largest absolute Gasteiger partial charge is 0.126 e. The number of fused-ring (bicyclic) bond motifs is 3. The molecule has 0 nitrogen and oxygen atoms in total. The van der Waals surface area contributed by atoms with Crippen molar-refractivity contribution in [1.82, 2.24) is 0 Å². The van der Waals surface area contributed by atoms with E-state index in [4.69, 9.17) is 11.6 Å². The van der Waals surface area contributed by atoms with E-state index < -0.39 is 0 Å². The van der Waals surface area contributed by atoms with E-state index in [-0.39, 0.29) is 0 Å². The van der Waals surface area contributed by atoms with E-state index in [2.05, 4.69) is 42.5 Å². The van der Waals surface area contributed by atoms with Gasteiger partial charge < -0.3 is 0 Å². The van der Waals surface area contributed by atoms with Gasteiger partial charge in [0.25, 0.3) is 0 Å². The van der Waals surface area contributed by atoms with Crippen molar-refractivity contribution >= 4 is 11.6 Å². The Morgan fingerprint density at radius 1 is 0.938 bits per heavy atom. The molecular formula is C15H13Cl. The van der Waals surface area contributed by atoms with Crippen LogP contribution in [0.1, 0.15) is 16.7 Å². The third-order valence-corrected chi connectivity index (χ3v) is 3.43. The average Bonchev–Trinajstić information content (AvgIpc) is 2.67. The summed E-state index contributed by atoms with van der Waals surface area (Å²) in [6.45, 7) is 0. The van der Waals surface area contributed by atoms with Crippen LogP contribution >= 0.6 is 11.6 Å². The molecular weight excluding hydrogens is 216 g/mol. The van der Waals surface area contributed by atoms with Gasteiger partial charge in [-0.3, -0.25) is 0 Å². The molecule has 0 saturated carbocycles. The second kappa shape index (κ2) is 3.95. The first-order valence-corrected chi connectivity index (χ1v) is 6.18. The Kier molecular flexibility index (Phi) is 2.45. The molecule has 2 aromatic rings. The quantitative estimate of drug-likeness (QED) is 0.581. The van der Waals surface area contributed by atoms with Crippen LogP contribution in [0.25, 0.3) is 11.1 Å². The SMILES string of the molecule is ClCCc1ccc2c(c1)Cc1ccccc1-2. The van der Waals surface area contributed by atoms with Crippen LogP contribution in [0.4, 0.5) is 0 Å². The molecule has 0 fully saturated rings. The Bertz CT molecular complexity index is 529. The second-order valence-electron chi connectivity index (χ2n) is 4.26. The minimum absolute atomic E-state index is 0.700. The summed E-state index contributed by atoms with van der Waals surface area (Å²) < 4.78 is 0. The Morgan fingerprint density at radius 3 is 2.62 bits per heavy atom. The number of alkyl halides is 1. The predicted octanol–water partition coefficient (Wildman–Crippen LogP) is 4.04. The zero-order chi connectivity index (χ0) is 11.0. The maximum atomic E-state index is 5.78. The van der Waals surface area contributed by atoms with Crippen LogP contribution in [-0.2, 0) is 12.8 Å². The lowest BCUT2D eigenvalue weighted by atomic mass is 10.0. The summed E-state index contributed by atoms with van der Waals surface area (Å²) >= 11 is 5.78. The van der Waals surface area contributed by atoms with Gasteiger partial charge in [-0.05, 0) is 40.7 Å². The molecule has 0 radical (unpaired) electrons. The first-order chi connectivity index (χ1) is 7.88. The van der Waals surface area contributed by atoms with Crippen LogP contribution in [0.3, 0.4) is 0 Å². The van der Waals surface area contributed by atoms with Crippen LogP contribution in [0.2, 0.25) is 0 Å². The molecule has 0 aromatic heterocycles. The Morgan fingerprint density at radius 2 is 1.75 bits per heavy atom. The number of rotatable bonds is 2. The first-order valence-electron chi connectivity index (χ1n) is 5.64. The summed E-state index contributed by atoms with van der Waals surface area (Å²) in [5.74, 6) is 0.700. The van der Waals surface area contributed by atoms with Gasteiger partial charge in [0.15, 0.2) is 0 Å². The average molecular weight is 229 g/mol. The molecule has 0 N–H and O–H groups in total. The lowest BCUT2D eigenvalue weighted by molar-refractivity contribution is 1.13. The smallest absolute Gasteiger partial charge is 0.0263 e. The summed E-state index contributed by atoms with van der Waals surface area (Å²) in [5, 5.41) is 0. The van der Waals surface area contributed by atoms with Gasteiger partial charge in [-0.25, -0.2) is 0 Å². The second-order valence-corrected chi connectivity index (χ2v) is 4.64. The molecule has 1 heteroatoms. The lowest BCUT2D eigenvalue weighted by Gasteiger charge is -2.03. The van der Waals surface area contributed by atoms with Crippen LogP contribution in [-0.4, -0.2) is 5.88 Å². The molecule has 0 saturated heterocycles. The summed E-state index contributed by atoms with van der Waals surface area (Å²) in [5.41, 5.74) is 7.04. The summed E-state index contributed by atoms with van der Waals surface area (Å²) in [4.78, 5) is 0. The molecule has 0 atom stereocenters. The first kappa shape index (κ1) is 9.92. The van der Waals surface area contributed by atoms with Crippen molar-refractivity contribution in [3.8, 4) is 11.1 Å².